The Kier molecular flexibility index (Phi) is 10.7. The summed E-state index contributed by atoms with van der Waals surface area (Å²) in [6.07, 6.45) is 12.4. The summed E-state index contributed by atoms with van der Waals surface area (Å²) in [5.41, 5.74) is 9.60. The smallest absolute Gasteiger partial charge is 0.142 e. The van der Waals surface area contributed by atoms with E-state index in [0.29, 0.717) is 29.5 Å². The number of allylic oxidation sites excluding steroid dienone is 1. The second-order valence-electron chi connectivity index (χ2n) is 11.4. The molecular formula is C38H40ClN3O2. The Labute approximate surface area is 266 Å². The first-order chi connectivity index (χ1) is 21.5. The highest BCUT2D eigenvalue weighted by Gasteiger charge is 2.18. The molecule has 0 bridgehead atoms. The van der Waals surface area contributed by atoms with E-state index in [0.717, 1.165) is 48.5 Å². The van der Waals surface area contributed by atoms with E-state index < -0.39 is 0 Å². The molecule has 1 aliphatic heterocycles. The first-order valence-electron chi connectivity index (χ1n) is 15.5. The van der Waals surface area contributed by atoms with Gasteiger partial charge in [-0.05, 0) is 91.7 Å². The van der Waals surface area contributed by atoms with Crippen molar-refractivity contribution in [3.8, 4) is 28.7 Å². The van der Waals surface area contributed by atoms with Crippen LogP contribution in [0.1, 0.15) is 71.6 Å². The van der Waals surface area contributed by atoms with Gasteiger partial charge < -0.3 is 9.47 Å². The van der Waals surface area contributed by atoms with E-state index in [1.807, 2.05) is 12.1 Å². The number of rotatable bonds is 11. The van der Waals surface area contributed by atoms with Crippen LogP contribution in [-0.4, -0.2) is 23.0 Å². The zero-order chi connectivity index (χ0) is 30.9. The third kappa shape index (κ3) is 7.69. The Morgan fingerprint density at radius 1 is 0.886 bits per heavy atom. The van der Waals surface area contributed by atoms with E-state index in [-0.39, 0.29) is 0 Å². The summed E-state index contributed by atoms with van der Waals surface area (Å²) in [7, 11) is 0. The molecule has 1 saturated heterocycles. The minimum Gasteiger partial charge on any atom is -0.488 e. The third-order valence-corrected chi connectivity index (χ3v) is 8.60. The molecule has 0 amide bonds. The highest BCUT2D eigenvalue weighted by Crippen LogP contribution is 2.36. The Bertz CT molecular complexity index is 1670. The molecule has 0 radical (unpaired) electrons. The van der Waals surface area contributed by atoms with Gasteiger partial charge in [0.25, 0.3) is 0 Å². The van der Waals surface area contributed by atoms with Crippen molar-refractivity contribution in [2.75, 3.05) is 13.1 Å². The predicted octanol–water partition coefficient (Wildman–Crippen LogP) is 9.46. The number of likely N-dealkylation sites (tertiary alicyclic amines) is 1. The molecule has 1 aliphatic rings. The SMILES string of the molecule is CC/C=C/c1cccc(-c2cccc(COc3cc(OCc4cncc(C#N)c4)c(CN4CCCCC4)cc3Cl)c2C)c1C. The van der Waals surface area contributed by atoms with Crippen LogP contribution in [0.4, 0.5) is 0 Å². The molecule has 226 valence electrons. The average molecular weight is 606 g/mol. The molecular weight excluding hydrogens is 566 g/mol. The largest absolute Gasteiger partial charge is 0.488 e. The van der Waals surface area contributed by atoms with Gasteiger partial charge in [0.15, 0.2) is 0 Å². The minimum absolute atomic E-state index is 0.295. The van der Waals surface area contributed by atoms with Crippen molar-refractivity contribution in [3.05, 3.63) is 117 Å². The number of hydrogen-bond donors (Lipinski definition) is 0. The number of halogens is 1. The maximum absolute atomic E-state index is 9.28. The van der Waals surface area contributed by atoms with Crippen LogP contribution in [0.25, 0.3) is 17.2 Å². The molecule has 0 saturated carbocycles. The van der Waals surface area contributed by atoms with Crippen molar-refractivity contribution in [3.63, 3.8) is 0 Å². The molecule has 0 unspecified atom stereocenters. The number of ether oxygens (including phenoxy) is 2. The van der Waals surface area contributed by atoms with Gasteiger partial charge in [-0.15, -0.1) is 0 Å². The molecule has 0 N–H and O–H groups in total. The Hall–Kier alpha value is -4.11. The van der Waals surface area contributed by atoms with E-state index in [2.05, 4.69) is 85.3 Å². The zero-order valence-electron chi connectivity index (χ0n) is 25.9. The minimum atomic E-state index is 0.295. The summed E-state index contributed by atoms with van der Waals surface area (Å²) < 4.78 is 12.7. The monoisotopic (exact) mass is 605 g/mol. The zero-order valence-corrected chi connectivity index (χ0v) is 26.7. The van der Waals surface area contributed by atoms with Gasteiger partial charge in [0, 0.05) is 36.1 Å². The molecule has 4 aromatic rings. The van der Waals surface area contributed by atoms with Crippen molar-refractivity contribution >= 4 is 17.7 Å². The fraction of sp³-hybridized carbons (Fsp3) is 0.316. The third-order valence-electron chi connectivity index (χ3n) is 8.30. The van der Waals surface area contributed by atoms with Gasteiger partial charge in [-0.3, -0.25) is 9.88 Å². The van der Waals surface area contributed by atoms with E-state index in [1.54, 1.807) is 18.5 Å². The van der Waals surface area contributed by atoms with Crippen LogP contribution in [0.3, 0.4) is 0 Å². The maximum atomic E-state index is 9.28. The second kappa shape index (κ2) is 15.1. The first-order valence-corrected chi connectivity index (χ1v) is 15.8. The number of aromatic nitrogens is 1. The van der Waals surface area contributed by atoms with Gasteiger partial charge in [-0.25, -0.2) is 0 Å². The van der Waals surface area contributed by atoms with Crippen LogP contribution in [0.5, 0.6) is 11.5 Å². The molecule has 0 atom stereocenters. The number of pyridine rings is 1. The molecule has 0 spiro atoms. The highest BCUT2D eigenvalue weighted by molar-refractivity contribution is 6.32. The lowest BCUT2D eigenvalue weighted by Gasteiger charge is -2.27. The fourth-order valence-corrected chi connectivity index (χ4v) is 5.99. The summed E-state index contributed by atoms with van der Waals surface area (Å²) in [5.74, 6) is 1.32. The summed E-state index contributed by atoms with van der Waals surface area (Å²) in [6.45, 7) is 10.1. The van der Waals surface area contributed by atoms with Crippen LogP contribution in [0, 0.1) is 25.2 Å². The summed E-state index contributed by atoms with van der Waals surface area (Å²) in [4.78, 5) is 6.63. The molecule has 5 rings (SSSR count). The lowest BCUT2D eigenvalue weighted by atomic mass is 9.91. The van der Waals surface area contributed by atoms with E-state index in [1.165, 1.54) is 47.1 Å². The number of nitrogens with zero attached hydrogens (tertiary/aromatic N) is 3. The number of piperidine rings is 1. The number of hydrogen-bond acceptors (Lipinski definition) is 5. The summed E-state index contributed by atoms with van der Waals surface area (Å²) in [6, 6.07) is 20.7. The van der Waals surface area contributed by atoms with Crippen molar-refractivity contribution < 1.29 is 9.47 Å². The second-order valence-corrected chi connectivity index (χ2v) is 11.8. The van der Waals surface area contributed by atoms with Gasteiger partial charge in [0.1, 0.15) is 30.8 Å². The van der Waals surface area contributed by atoms with Gasteiger partial charge in [0.2, 0.25) is 0 Å². The molecule has 6 heteroatoms. The standard InChI is InChI=1S/C38H40ClN3O2/c1-4-5-11-31-12-9-14-34(27(31)2)35-15-10-13-32(28(35)3)26-44-38-20-37(43-25-30-18-29(21-40)22-41-23-30)33(19-36(38)39)24-42-16-7-6-8-17-42/h5,9-15,18-20,22-23H,4,6-8,16-17,24-26H2,1-3H3/b11-5+. The van der Waals surface area contributed by atoms with E-state index >= 15 is 0 Å². The molecule has 44 heavy (non-hydrogen) atoms. The molecule has 5 nitrogen and oxygen atoms in total. The van der Waals surface area contributed by atoms with E-state index in [4.69, 9.17) is 21.1 Å². The Morgan fingerprint density at radius 2 is 1.64 bits per heavy atom. The van der Waals surface area contributed by atoms with Crippen LogP contribution < -0.4 is 9.47 Å². The Morgan fingerprint density at radius 3 is 2.41 bits per heavy atom. The molecule has 2 heterocycles. The fourth-order valence-electron chi connectivity index (χ4n) is 5.75. The lowest BCUT2D eigenvalue weighted by molar-refractivity contribution is 0.214. The summed E-state index contributed by atoms with van der Waals surface area (Å²) in [5, 5.41) is 9.85. The van der Waals surface area contributed by atoms with E-state index in [9.17, 15) is 5.26 Å². The van der Waals surface area contributed by atoms with Gasteiger partial charge in [0.05, 0.1) is 10.6 Å². The lowest BCUT2D eigenvalue weighted by Crippen LogP contribution is -2.29. The highest BCUT2D eigenvalue weighted by atomic mass is 35.5. The maximum Gasteiger partial charge on any atom is 0.142 e. The molecule has 1 aromatic heterocycles. The Balaban J connectivity index is 1.39. The van der Waals surface area contributed by atoms with Gasteiger partial charge >= 0.3 is 0 Å². The van der Waals surface area contributed by atoms with Crippen LogP contribution >= 0.6 is 11.6 Å². The van der Waals surface area contributed by atoms with Crippen molar-refractivity contribution in [2.45, 2.75) is 66.2 Å². The number of nitriles is 1. The molecule has 0 aliphatic carbocycles. The van der Waals surface area contributed by atoms with Gasteiger partial charge in [-0.2, -0.15) is 5.26 Å². The normalized spacial score (nSPS) is 13.6. The molecule has 3 aromatic carbocycles. The molecule has 1 fully saturated rings. The van der Waals surface area contributed by atoms with Crippen LogP contribution in [0.2, 0.25) is 5.02 Å². The van der Waals surface area contributed by atoms with Crippen molar-refractivity contribution in [2.24, 2.45) is 0 Å². The number of benzene rings is 3. The first kappa shape index (κ1) is 31.3. The summed E-state index contributed by atoms with van der Waals surface area (Å²) >= 11 is 6.84. The van der Waals surface area contributed by atoms with Crippen molar-refractivity contribution in [1.29, 1.82) is 5.26 Å². The topological polar surface area (TPSA) is 58.4 Å². The van der Waals surface area contributed by atoms with Gasteiger partial charge in [-0.1, -0.05) is 73.5 Å². The quantitative estimate of drug-likeness (QED) is 0.170. The van der Waals surface area contributed by atoms with Crippen molar-refractivity contribution in [1.82, 2.24) is 9.88 Å². The predicted molar refractivity (Wildman–Crippen MR) is 179 cm³/mol. The average Bonchev–Trinajstić information content (AvgIpc) is 3.04. The van der Waals surface area contributed by atoms with Crippen LogP contribution in [0.15, 0.2) is 73.1 Å². The van der Waals surface area contributed by atoms with Crippen LogP contribution in [-0.2, 0) is 19.8 Å².